The minimum Gasteiger partial charge on any atom is -0.502 e. The van der Waals surface area contributed by atoms with Crippen LogP contribution < -0.4 is 0 Å². The summed E-state index contributed by atoms with van der Waals surface area (Å²) < 4.78 is 5.76. The fraction of sp³-hybridized carbons (Fsp3) is 0.0952. The summed E-state index contributed by atoms with van der Waals surface area (Å²) in [6.45, 7) is 3.16. The molecule has 0 aliphatic carbocycles. The van der Waals surface area contributed by atoms with Gasteiger partial charge in [0.15, 0.2) is 5.58 Å². The summed E-state index contributed by atoms with van der Waals surface area (Å²) in [5.41, 5.74) is 3.00. The lowest BCUT2D eigenvalue weighted by Gasteiger charge is -2.10. The number of oxazole rings is 1. The molecule has 2 aromatic heterocycles. The van der Waals surface area contributed by atoms with Gasteiger partial charge in [-0.15, -0.1) is 0 Å². The maximum Gasteiger partial charge on any atom is 0.315 e. The molecule has 0 aliphatic heterocycles. The van der Waals surface area contributed by atoms with Gasteiger partial charge in [0, 0.05) is 35.3 Å². The lowest BCUT2D eigenvalue weighted by atomic mass is 10.0. The van der Waals surface area contributed by atoms with Crippen LogP contribution >= 0.6 is 11.6 Å². The van der Waals surface area contributed by atoms with Gasteiger partial charge >= 0.3 is 5.69 Å². The number of aliphatic imine (C=N–C) groups is 1. The lowest BCUT2D eigenvalue weighted by Crippen LogP contribution is -1.99. The van der Waals surface area contributed by atoms with E-state index in [0.29, 0.717) is 28.2 Å². The Hall–Kier alpha value is -3.78. The van der Waals surface area contributed by atoms with Crippen LogP contribution in [0, 0.1) is 24.0 Å². The molecule has 2 aromatic carbocycles. The Balaban J connectivity index is 1.73. The van der Waals surface area contributed by atoms with E-state index in [1.165, 1.54) is 13.1 Å². The Morgan fingerprint density at radius 2 is 1.93 bits per heavy atom. The van der Waals surface area contributed by atoms with E-state index < -0.39 is 16.4 Å². The Labute approximate surface area is 175 Å². The summed E-state index contributed by atoms with van der Waals surface area (Å²) in [7, 11) is 0. The molecule has 0 fully saturated rings. The molecule has 0 aliphatic rings. The number of hydrogen-bond donors (Lipinski definition) is 1. The number of phenolic OH excluding ortho intramolecular Hbond substituents is 1. The molecule has 0 amide bonds. The SMILES string of the molecule is Cc1c(Cl)c(C)c([N+](=O)[O-])c(O)c1C=Nc1ccc2oc(-c3ccncc3)nc2c1. The first-order chi connectivity index (χ1) is 14.4. The first-order valence-corrected chi connectivity index (χ1v) is 9.25. The van der Waals surface area contributed by atoms with Crippen LogP contribution in [-0.4, -0.2) is 26.2 Å². The molecule has 4 rings (SSSR count). The predicted octanol–water partition coefficient (Wildman–Crippen LogP) is 5.52. The molecule has 0 unspecified atom stereocenters. The number of aromatic hydroxyl groups is 1. The third-order valence-electron chi connectivity index (χ3n) is 4.72. The number of hydrogen-bond acceptors (Lipinski definition) is 7. The molecule has 150 valence electrons. The molecule has 8 nitrogen and oxygen atoms in total. The molecule has 0 radical (unpaired) electrons. The van der Waals surface area contributed by atoms with E-state index in [2.05, 4.69) is 15.0 Å². The van der Waals surface area contributed by atoms with Gasteiger partial charge in [-0.3, -0.25) is 20.1 Å². The number of phenols is 1. The standard InChI is InChI=1S/C21H15ClN4O4/c1-11-15(20(27)19(26(28)29)12(2)18(11)22)10-24-14-3-4-17-16(9-14)25-21(30-17)13-5-7-23-8-6-13/h3-10,27H,1-2H3. The molecule has 30 heavy (non-hydrogen) atoms. The highest BCUT2D eigenvalue weighted by Crippen LogP contribution is 2.40. The summed E-state index contributed by atoms with van der Waals surface area (Å²) in [5.74, 6) is -0.00593. The zero-order valence-corrected chi connectivity index (χ0v) is 16.7. The Morgan fingerprint density at radius 1 is 1.20 bits per heavy atom. The normalized spacial score (nSPS) is 11.4. The smallest absolute Gasteiger partial charge is 0.315 e. The Kier molecular flexibility index (Phi) is 4.93. The van der Waals surface area contributed by atoms with E-state index in [0.717, 1.165) is 5.56 Å². The number of aromatic nitrogens is 2. The average molecular weight is 423 g/mol. The molecule has 0 saturated carbocycles. The minimum atomic E-state index is -0.657. The topological polar surface area (TPSA) is 115 Å². The van der Waals surface area contributed by atoms with Crippen LogP contribution in [0.25, 0.3) is 22.6 Å². The highest BCUT2D eigenvalue weighted by atomic mass is 35.5. The predicted molar refractivity (Wildman–Crippen MR) is 114 cm³/mol. The van der Waals surface area contributed by atoms with E-state index in [4.69, 9.17) is 16.0 Å². The number of halogens is 1. The molecule has 0 atom stereocenters. The van der Waals surface area contributed by atoms with Crippen molar-refractivity contribution in [2.24, 2.45) is 4.99 Å². The van der Waals surface area contributed by atoms with Crippen molar-refractivity contribution in [3.63, 3.8) is 0 Å². The fourth-order valence-corrected chi connectivity index (χ4v) is 3.31. The number of benzene rings is 2. The monoisotopic (exact) mass is 422 g/mol. The number of fused-ring (bicyclic) bond motifs is 1. The number of rotatable bonds is 4. The second kappa shape index (κ2) is 7.57. The highest BCUT2D eigenvalue weighted by molar-refractivity contribution is 6.33. The lowest BCUT2D eigenvalue weighted by molar-refractivity contribution is -0.386. The van der Waals surface area contributed by atoms with Gasteiger partial charge in [0.1, 0.15) is 5.52 Å². The van der Waals surface area contributed by atoms with Crippen molar-refractivity contribution in [1.82, 2.24) is 9.97 Å². The Bertz CT molecular complexity index is 1320. The highest BCUT2D eigenvalue weighted by Gasteiger charge is 2.25. The molecule has 9 heteroatoms. The van der Waals surface area contributed by atoms with Gasteiger partial charge in [0.05, 0.1) is 15.6 Å². The van der Waals surface area contributed by atoms with Gasteiger partial charge in [-0.1, -0.05) is 11.6 Å². The number of nitro benzene ring substituents is 1. The third kappa shape index (κ3) is 3.37. The maximum absolute atomic E-state index is 11.3. The van der Waals surface area contributed by atoms with E-state index in [-0.39, 0.29) is 16.1 Å². The summed E-state index contributed by atoms with van der Waals surface area (Å²) in [4.78, 5) is 23.4. The molecule has 1 N–H and O–H groups in total. The fourth-order valence-electron chi connectivity index (χ4n) is 3.12. The van der Waals surface area contributed by atoms with Crippen LogP contribution in [0.2, 0.25) is 5.02 Å². The van der Waals surface area contributed by atoms with Crippen molar-refractivity contribution in [1.29, 1.82) is 0 Å². The molecule has 4 aromatic rings. The van der Waals surface area contributed by atoms with Crippen molar-refractivity contribution in [3.05, 3.63) is 74.6 Å². The molecule has 2 heterocycles. The van der Waals surface area contributed by atoms with E-state index in [1.54, 1.807) is 49.6 Å². The quantitative estimate of drug-likeness (QED) is 0.263. The van der Waals surface area contributed by atoms with Gasteiger partial charge in [-0.05, 0) is 49.7 Å². The van der Waals surface area contributed by atoms with Gasteiger partial charge < -0.3 is 9.52 Å². The van der Waals surface area contributed by atoms with Gasteiger partial charge in [-0.2, -0.15) is 0 Å². The minimum absolute atomic E-state index is 0.190. The zero-order valence-electron chi connectivity index (χ0n) is 16.0. The van der Waals surface area contributed by atoms with Crippen LogP contribution in [0.3, 0.4) is 0 Å². The van der Waals surface area contributed by atoms with E-state index in [9.17, 15) is 15.2 Å². The third-order valence-corrected chi connectivity index (χ3v) is 5.29. The van der Waals surface area contributed by atoms with Gasteiger partial charge in [0.25, 0.3) is 0 Å². The van der Waals surface area contributed by atoms with Crippen molar-refractivity contribution in [2.45, 2.75) is 13.8 Å². The van der Waals surface area contributed by atoms with Gasteiger partial charge in [0.2, 0.25) is 11.6 Å². The maximum atomic E-state index is 11.3. The van der Waals surface area contributed by atoms with E-state index in [1.807, 2.05) is 0 Å². The number of nitro groups is 1. The van der Waals surface area contributed by atoms with Crippen LogP contribution in [0.1, 0.15) is 16.7 Å². The van der Waals surface area contributed by atoms with Crippen molar-refractivity contribution >= 4 is 40.3 Å². The second-order valence-corrected chi connectivity index (χ2v) is 6.98. The first-order valence-electron chi connectivity index (χ1n) is 8.88. The van der Waals surface area contributed by atoms with Gasteiger partial charge in [-0.25, -0.2) is 4.98 Å². The van der Waals surface area contributed by atoms with Crippen LogP contribution in [-0.2, 0) is 0 Å². The first kappa shape index (κ1) is 19.5. The van der Waals surface area contributed by atoms with Crippen molar-refractivity contribution in [3.8, 4) is 17.2 Å². The molecule has 0 bridgehead atoms. The average Bonchev–Trinajstić information content (AvgIpc) is 3.16. The molecule has 0 saturated heterocycles. The van der Waals surface area contributed by atoms with E-state index >= 15 is 0 Å². The molecular formula is C21H15ClN4O4. The Morgan fingerprint density at radius 3 is 2.63 bits per heavy atom. The summed E-state index contributed by atoms with van der Waals surface area (Å²) >= 11 is 6.22. The van der Waals surface area contributed by atoms with Crippen LogP contribution in [0.4, 0.5) is 11.4 Å². The van der Waals surface area contributed by atoms with Crippen molar-refractivity contribution < 1.29 is 14.4 Å². The summed E-state index contributed by atoms with van der Waals surface area (Å²) in [6.07, 6.45) is 4.66. The summed E-state index contributed by atoms with van der Waals surface area (Å²) in [5, 5.41) is 21.9. The second-order valence-electron chi connectivity index (χ2n) is 6.60. The molecular weight excluding hydrogens is 408 g/mol. The zero-order chi connectivity index (χ0) is 21.4. The van der Waals surface area contributed by atoms with Crippen LogP contribution in [0.5, 0.6) is 5.75 Å². The van der Waals surface area contributed by atoms with Crippen molar-refractivity contribution in [2.75, 3.05) is 0 Å². The molecule has 0 spiro atoms. The number of pyridine rings is 1. The largest absolute Gasteiger partial charge is 0.502 e. The number of nitrogens with zero attached hydrogens (tertiary/aromatic N) is 4. The van der Waals surface area contributed by atoms with Crippen LogP contribution in [0.15, 0.2) is 52.1 Å². The summed E-state index contributed by atoms with van der Waals surface area (Å²) in [6, 6.07) is 8.76.